The summed E-state index contributed by atoms with van der Waals surface area (Å²) >= 11 is 1.74. The largest absolute Gasteiger partial charge is 0.480 e. The van der Waals surface area contributed by atoms with Crippen molar-refractivity contribution < 1.29 is 14.7 Å². The van der Waals surface area contributed by atoms with Gasteiger partial charge in [0.2, 0.25) is 5.91 Å². The van der Waals surface area contributed by atoms with E-state index in [1.807, 2.05) is 0 Å². The van der Waals surface area contributed by atoms with Crippen LogP contribution in [-0.2, 0) is 9.59 Å². The van der Waals surface area contributed by atoms with Crippen LogP contribution in [0.25, 0.3) is 0 Å². The van der Waals surface area contributed by atoms with E-state index in [0.29, 0.717) is 0 Å². The van der Waals surface area contributed by atoms with Gasteiger partial charge in [-0.15, -0.1) is 0 Å². The lowest BCUT2D eigenvalue weighted by Gasteiger charge is -2.12. The third kappa shape index (κ3) is 2.91. The zero-order valence-corrected chi connectivity index (χ0v) is 8.26. The Morgan fingerprint density at radius 3 is 2.77 bits per heavy atom. The topological polar surface area (TPSA) is 66.4 Å². The molecule has 0 spiro atoms. The van der Waals surface area contributed by atoms with Gasteiger partial charge in [-0.05, 0) is 19.1 Å². The fraction of sp³-hybridized carbons (Fsp3) is 0.750. The zero-order chi connectivity index (χ0) is 9.84. The van der Waals surface area contributed by atoms with Gasteiger partial charge in [-0.2, -0.15) is 11.8 Å². The molecule has 1 fully saturated rings. The molecule has 1 unspecified atom stereocenters. The van der Waals surface area contributed by atoms with Crippen molar-refractivity contribution in [3.8, 4) is 0 Å². The molecule has 5 heteroatoms. The van der Waals surface area contributed by atoms with Crippen LogP contribution in [0.4, 0.5) is 0 Å². The van der Waals surface area contributed by atoms with Gasteiger partial charge in [0, 0.05) is 11.7 Å². The standard InChI is InChI=1S/C8H13NO3S/c1-5(8(11)12)9-7(10)6-2-3-13-4-6/h5-6H,2-4H2,1H3,(H,9,10)(H,11,12)/t5-,6?/m0/s1. The molecule has 1 aliphatic rings. The van der Waals surface area contributed by atoms with Gasteiger partial charge in [0.05, 0.1) is 0 Å². The van der Waals surface area contributed by atoms with E-state index in [0.717, 1.165) is 17.9 Å². The Morgan fingerprint density at radius 1 is 1.62 bits per heavy atom. The number of hydrogen-bond acceptors (Lipinski definition) is 3. The lowest BCUT2D eigenvalue weighted by Crippen LogP contribution is -2.41. The number of thioether (sulfide) groups is 1. The Labute approximate surface area is 81.1 Å². The molecular weight excluding hydrogens is 190 g/mol. The third-order valence-corrected chi connectivity index (χ3v) is 3.19. The first-order valence-electron chi connectivity index (χ1n) is 4.22. The van der Waals surface area contributed by atoms with Crippen LogP contribution in [0.5, 0.6) is 0 Å². The number of carbonyl (C=O) groups excluding carboxylic acids is 1. The molecule has 13 heavy (non-hydrogen) atoms. The number of carbonyl (C=O) groups is 2. The van der Waals surface area contributed by atoms with Gasteiger partial charge in [0.1, 0.15) is 6.04 Å². The number of rotatable bonds is 3. The molecule has 74 valence electrons. The molecule has 0 aromatic heterocycles. The lowest BCUT2D eigenvalue weighted by molar-refractivity contribution is -0.141. The van der Waals surface area contributed by atoms with E-state index in [-0.39, 0.29) is 11.8 Å². The van der Waals surface area contributed by atoms with Crippen molar-refractivity contribution in [2.45, 2.75) is 19.4 Å². The third-order valence-electron chi connectivity index (χ3n) is 2.03. The molecule has 2 N–H and O–H groups in total. The molecule has 1 saturated heterocycles. The molecule has 0 aromatic carbocycles. The Kier molecular flexibility index (Phi) is 3.59. The number of carboxylic acid groups (broad SMARTS) is 1. The van der Waals surface area contributed by atoms with Gasteiger partial charge >= 0.3 is 5.97 Å². The first kappa shape index (κ1) is 10.4. The fourth-order valence-corrected chi connectivity index (χ4v) is 2.35. The minimum absolute atomic E-state index is 0.00630. The maximum atomic E-state index is 11.4. The van der Waals surface area contributed by atoms with Gasteiger partial charge in [0.25, 0.3) is 0 Å². The highest BCUT2D eigenvalue weighted by molar-refractivity contribution is 7.99. The van der Waals surface area contributed by atoms with E-state index in [1.54, 1.807) is 11.8 Å². The Bertz CT molecular complexity index is 213. The fourth-order valence-electron chi connectivity index (χ4n) is 1.13. The van der Waals surface area contributed by atoms with E-state index in [9.17, 15) is 9.59 Å². The molecule has 1 heterocycles. The molecule has 1 rings (SSSR count). The number of carboxylic acids is 1. The first-order chi connectivity index (χ1) is 6.11. The van der Waals surface area contributed by atoms with Gasteiger partial charge in [-0.1, -0.05) is 0 Å². The van der Waals surface area contributed by atoms with E-state index in [4.69, 9.17) is 5.11 Å². The van der Waals surface area contributed by atoms with Crippen LogP contribution in [0, 0.1) is 5.92 Å². The summed E-state index contributed by atoms with van der Waals surface area (Å²) in [4.78, 5) is 21.8. The molecule has 1 aliphatic heterocycles. The van der Waals surface area contributed by atoms with Gasteiger partial charge in [0.15, 0.2) is 0 Å². The normalized spacial score (nSPS) is 23.9. The summed E-state index contributed by atoms with van der Waals surface area (Å²) in [7, 11) is 0. The van der Waals surface area contributed by atoms with Crippen molar-refractivity contribution in [3.63, 3.8) is 0 Å². The van der Waals surface area contributed by atoms with Crippen molar-refractivity contribution in [2.75, 3.05) is 11.5 Å². The number of amides is 1. The average Bonchev–Trinajstić information content (AvgIpc) is 2.55. The van der Waals surface area contributed by atoms with Crippen LogP contribution in [0.1, 0.15) is 13.3 Å². The SMILES string of the molecule is C[C@H](NC(=O)C1CCSC1)C(=O)O. The second kappa shape index (κ2) is 4.50. The zero-order valence-electron chi connectivity index (χ0n) is 7.45. The minimum atomic E-state index is -0.987. The number of aliphatic carboxylic acids is 1. The van der Waals surface area contributed by atoms with E-state index in [2.05, 4.69) is 5.32 Å². The summed E-state index contributed by atoms with van der Waals surface area (Å²) in [6, 6.07) is -0.780. The van der Waals surface area contributed by atoms with Crippen LogP contribution < -0.4 is 5.32 Å². The molecule has 0 saturated carbocycles. The molecule has 0 radical (unpaired) electrons. The summed E-state index contributed by atoms with van der Waals surface area (Å²) in [5, 5.41) is 11.0. The Balaban J connectivity index is 2.35. The van der Waals surface area contributed by atoms with Crippen molar-refractivity contribution in [2.24, 2.45) is 5.92 Å². The molecule has 2 atom stereocenters. The summed E-state index contributed by atoms with van der Waals surface area (Å²) in [5.41, 5.74) is 0. The van der Waals surface area contributed by atoms with E-state index >= 15 is 0 Å². The smallest absolute Gasteiger partial charge is 0.325 e. The van der Waals surface area contributed by atoms with Gasteiger partial charge < -0.3 is 10.4 Å². The predicted octanol–water partition coefficient (Wildman–Crippen LogP) is 0.329. The highest BCUT2D eigenvalue weighted by Crippen LogP contribution is 2.23. The predicted molar refractivity (Wildman–Crippen MR) is 50.7 cm³/mol. The Hall–Kier alpha value is -0.710. The molecule has 0 aromatic rings. The van der Waals surface area contributed by atoms with Crippen LogP contribution in [-0.4, -0.2) is 34.5 Å². The molecule has 0 aliphatic carbocycles. The van der Waals surface area contributed by atoms with Gasteiger partial charge in [-0.3, -0.25) is 9.59 Å². The van der Waals surface area contributed by atoms with Crippen molar-refractivity contribution in [1.82, 2.24) is 5.32 Å². The summed E-state index contributed by atoms with van der Waals surface area (Å²) < 4.78 is 0. The van der Waals surface area contributed by atoms with Crippen LogP contribution >= 0.6 is 11.8 Å². The van der Waals surface area contributed by atoms with Crippen molar-refractivity contribution >= 4 is 23.6 Å². The molecule has 4 nitrogen and oxygen atoms in total. The quantitative estimate of drug-likeness (QED) is 0.693. The van der Waals surface area contributed by atoms with Gasteiger partial charge in [-0.25, -0.2) is 0 Å². The maximum absolute atomic E-state index is 11.4. The summed E-state index contributed by atoms with van der Waals surface area (Å²) in [6.07, 6.45) is 0.864. The lowest BCUT2D eigenvalue weighted by atomic mass is 10.1. The second-order valence-corrected chi connectivity index (χ2v) is 4.28. The molecular formula is C8H13NO3S. The average molecular weight is 203 g/mol. The maximum Gasteiger partial charge on any atom is 0.325 e. The van der Waals surface area contributed by atoms with Crippen molar-refractivity contribution in [1.29, 1.82) is 0 Å². The van der Waals surface area contributed by atoms with E-state index in [1.165, 1.54) is 6.92 Å². The van der Waals surface area contributed by atoms with Crippen LogP contribution in [0.3, 0.4) is 0 Å². The first-order valence-corrected chi connectivity index (χ1v) is 5.37. The second-order valence-electron chi connectivity index (χ2n) is 3.13. The highest BCUT2D eigenvalue weighted by atomic mass is 32.2. The monoisotopic (exact) mass is 203 g/mol. The summed E-state index contributed by atoms with van der Waals surface area (Å²) in [6.45, 7) is 1.47. The highest BCUT2D eigenvalue weighted by Gasteiger charge is 2.25. The molecule has 1 amide bonds. The molecule has 0 bridgehead atoms. The van der Waals surface area contributed by atoms with E-state index < -0.39 is 12.0 Å². The minimum Gasteiger partial charge on any atom is -0.480 e. The van der Waals surface area contributed by atoms with Crippen LogP contribution in [0.15, 0.2) is 0 Å². The summed E-state index contributed by atoms with van der Waals surface area (Å²) in [5.74, 6) is 0.711. The van der Waals surface area contributed by atoms with Crippen LogP contribution in [0.2, 0.25) is 0 Å². The van der Waals surface area contributed by atoms with Crippen molar-refractivity contribution in [3.05, 3.63) is 0 Å². The number of hydrogen-bond donors (Lipinski definition) is 2. The Morgan fingerprint density at radius 2 is 2.31 bits per heavy atom. The number of nitrogens with one attached hydrogen (secondary N) is 1.